The number of furan rings is 1. The van der Waals surface area contributed by atoms with E-state index in [2.05, 4.69) is 29.5 Å². The zero-order chi connectivity index (χ0) is 11.4. The molecule has 0 aliphatic heterocycles. The standard InChI is InChI=1S/C12H16N2OS/c1-3-10-8-16-12(14-10)13-9(2)7-11-5-4-6-15-11/h4-6,8-9H,3,7H2,1-2H3,(H,13,14). The Labute approximate surface area is 99.5 Å². The molecule has 2 heterocycles. The molecule has 0 bridgehead atoms. The average molecular weight is 236 g/mol. The fourth-order valence-corrected chi connectivity index (χ4v) is 2.43. The molecule has 0 saturated heterocycles. The van der Waals surface area contributed by atoms with Crippen LogP contribution in [0.25, 0.3) is 0 Å². The van der Waals surface area contributed by atoms with Crippen molar-refractivity contribution in [2.24, 2.45) is 0 Å². The summed E-state index contributed by atoms with van der Waals surface area (Å²) in [7, 11) is 0. The van der Waals surface area contributed by atoms with Gasteiger partial charge in [0.2, 0.25) is 0 Å². The number of hydrogen-bond acceptors (Lipinski definition) is 4. The number of hydrogen-bond donors (Lipinski definition) is 1. The summed E-state index contributed by atoms with van der Waals surface area (Å²) >= 11 is 1.66. The highest BCUT2D eigenvalue weighted by atomic mass is 32.1. The van der Waals surface area contributed by atoms with Crippen molar-refractivity contribution in [1.82, 2.24) is 4.98 Å². The van der Waals surface area contributed by atoms with Crippen LogP contribution in [0.1, 0.15) is 25.3 Å². The van der Waals surface area contributed by atoms with Gasteiger partial charge >= 0.3 is 0 Å². The van der Waals surface area contributed by atoms with Gasteiger partial charge in [0, 0.05) is 17.8 Å². The SMILES string of the molecule is CCc1csc(NC(C)Cc2ccco2)n1. The van der Waals surface area contributed by atoms with Crippen molar-refractivity contribution >= 4 is 16.5 Å². The van der Waals surface area contributed by atoms with Crippen molar-refractivity contribution in [3.8, 4) is 0 Å². The van der Waals surface area contributed by atoms with Crippen LogP contribution in [0.3, 0.4) is 0 Å². The van der Waals surface area contributed by atoms with Gasteiger partial charge in [0.05, 0.1) is 12.0 Å². The Hall–Kier alpha value is -1.29. The minimum atomic E-state index is 0.335. The summed E-state index contributed by atoms with van der Waals surface area (Å²) in [6.45, 7) is 4.25. The molecule has 0 fully saturated rings. The van der Waals surface area contributed by atoms with Crippen molar-refractivity contribution in [1.29, 1.82) is 0 Å². The van der Waals surface area contributed by atoms with Crippen molar-refractivity contribution in [2.75, 3.05) is 5.32 Å². The summed E-state index contributed by atoms with van der Waals surface area (Å²) in [6.07, 6.45) is 3.58. The van der Waals surface area contributed by atoms with Gasteiger partial charge < -0.3 is 9.73 Å². The maximum atomic E-state index is 5.31. The summed E-state index contributed by atoms with van der Waals surface area (Å²) in [5.74, 6) is 1.01. The number of aromatic nitrogens is 1. The second-order valence-corrected chi connectivity index (χ2v) is 4.68. The molecule has 1 N–H and O–H groups in total. The first-order chi connectivity index (χ1) is 7.78. The summed E-state index contributed by atoms with van der Waals surface area (Å²) in [4.78, 5) is 4.47. The van der Waals surface area contributed by atoms with E-state index < -0.39 is 0 Å². The van der Waals surface area contributed by atoms with Crippen LogP contribution in [0, 0.1) is 0 Å². The lowest BCUT2D eigenvalue weighted by molar-refractivity contribution is 0.497. The molecule has 86 valence electrons. The molecule has 1 unspecified atom stereocenters. The van der Waals surface area contributed by atoms with Gasteiger partial charge in [-0.25, -0.2) is 4.98 Å². The van der Waals surface area contributed by atoms with E-state index in [0.29, 0.717) is 6.04 Å². The van der Waals surface area contributed by atoms with Crippen LogP contribution in [-0.4, -0.2) is 11.0 Å². The largest absolute Gasteiger partial charge is 0.469 e. The van der Waals surface area contributed by atoms with Crippen molar-refractivity contribution in [3.63, 3.8) is 0 Å². The third kappa shape index (κ3) is 2.85. The molecule has 2 aromatic heterocycles. The van der Waals surface area contributed by atoms with E-state index in [1.165, 1.54) is 0 Å². The Morgan fingerprint density at radius 3 is 3.06 bits per heavy atom. The number of nitrogens with one attached hydrogen (secondary N) is 1. The maximum Gasteiger partial charge on any atom is 0.183 e. The molecule has 4 heteroatoms. The highest BCUT2D eigenvalue weighted by Gasteiger charge is 2.07. The Morgan fingerprint density at radius 1 is 1.56 bits per heavy atom. The first-order valence-corrected chi connectivity index (χ1v) is 6.39. The predicted molar refractivity (Wildman–Crippen MR) is 67.0 cm³/mol. The molecule has 0 aromatic carbocycles. The van der Waals surface area contributed by atoms with Gasteiger partial charge in [0.25, 0.3) is 0 Å². The van der Waals surface area contributed by atoms with Gasteiger partial charge in [-0.3, -0.25) is 0 Å². The predicted octanol–water partition coefficient (Wildman–Crippen LogP) is 3.34. The molecule has 0 saturated carbocycles. The lowest BCUT2D eigenvalue weighted by atomic mass is 10.2. The number of nitrogens with zero attached hydrogens (tertiary/aromatic N) is 1. The lowest BCUT2D eigenvalue weighted by Gasteiger charge is -2.10. The van der Waals surface area contributed by atoms with E-state index in [-0.39, 0.29) is 0 Å². The maximum absolute atomic E-state index is 5.31. The second-order valence-electron chi connectivity index (χ2n) is 3.83. The first kappa shape index (κ1) is 11.2. The lowest BCUT2D eigenvalue weighted by Crippen LogP contribution is -2.17. The van der Waals surface area contributed by atoms with Crippen LogP contribution in [0.15, 0.2) is 28.2 Å². The van der Waals surface area contributed by atoms with E-state index in [9.17, 15) is 0 Å². The van der Waals surface area contributed by atoms with E-state index in [1.807, 2.05) is 12.1 Å². The van der Waals surface area contributed by atoms with Gasteiger partial charge in [-0.1, -0.05) is 6.92 Å². The van der Waals surface area contributed by atoms with E-state index in [1.54, 1.807) is 17.6 Å². The Kier molecular flexibility index (Phi) is 3.62. The van der Waals surface area contributed by atoms with Crippen LogP contribution in [0.4, 0.5) is 5.13 Å². The molecular weight excluding hydrogens is 220 g/mol. The second kappa shape index (κ2) is 5.16. The quantitative estimate of drug-likeness (QED) is 0.865. The summed E-state index contributed by atoms with van der Waals surface area (Å²) in [5, 5.41) is 6.48. The molecule has 3 nitrogen and oxygen atoms in total. The fourth-order valence-electron chi connectivity index (χ4n) is 1.53. The summed E-state index contributed by atoms with van der Waals surface area (Å²) in [6, 6.07) is 4.25. The molecule has 2 aromatic rings. The normalized spacial score (nSPS) is 12.6. The number of aryl methyl sites for hydroxylation is 1. The van der Waals surface area contributed by atoms with Crippen LogP contribution >= 0.6 is 11.3 Å². The Balaban J connectivity index is 1.89. The highest BCUT2D eigenvalue weighted by molar-refractivity contribution is 7.13. The van der Waals surface area contributed by atoms with E-state index in [0.717, 1.165) is 29.4 Å². The molecule has 2 rings (SSSR count). The molecular formula is C12H16N2OS. The molecule has 0 spiro atoms. The van der Waals surface area contributed by atoms with Crippen LogP contribution in [0.5, 0.6) is 0 Å². The zero-order valence-electron chi connectivity index (χ0n) is 9.56. The third-order valence-electron chi connectivity index (χ3n) is 2.37. The monoisotopic (exact) mass is 236 g/mol. The van der Waals surface area contributed by atoms with Gasteiger partial charge in [-0.2, -0.15) is 0 Å². The number of anilines is 1. The summed E-state index contributed by atoms with van der Waals surface area (Å²) in [5.41, 5.74) is 1.15. The minimum Gasteiger partial charge on any atom is -0.469 e. The topological polar surface area (TPSA) is 38.1 Å². The highest BCUT2D eigenvalue weighted by Crippen LogP contribution is 2.17. The van der Waals surface area contributed by atoms with Crippen LogP contribution in [0.2, 0.25) is 0 Å². The van der Waals surface area contributed by atoms with Gasteiger partial charge in [-0.15, -0.1) is 11.3 Å². The molecule has 0 aliphatic carbocycles. The minimum absolute atomic E-state index is 0.335. The Bertz CT molecular complexity index is 422. The fraction of sp³-hybridized carbons (Fsp3) is 0.417. The average Bonchev–Trinajstić information content (AvgIpc) is 2.89. The molecule has 0 aliphatic rings. The first-order valence-electron chi connectivity index (χ1n) is 5.51. The molecule has 16 heavy (non-hydrogen) atoms. The zero-order valence-corrected chi connectivity index (χ0v) is 10.4. The number of rotatable bonds is 5. The number of thiazole rings is 1. The van der Waals surface area contributed by atoms with Crippen molar-refractivity contribution < 1.29 is 4.42 Å². The Morgan fingerprint density at radius 2 is 2.44 bits per heavy atom. The van der Waals surface area contributed by atoms with Gasteiger partial charge in [-0.05, 0) is 25.5 Å². The van der Waals surface area contributed by atoms with Crippen molar-refractivity contribution in [3.05, 3.63) is 35.2 Å². The van der Waals surface area contributed by atoms with Gasteiger partial charge in [0.1, 0.15) is 5.76 Å². The van der Waals surface area contributed by atoms with Crippen molar-refractivity contribution in [2.45, 2.75) is 32.7 Å². The molecule has 1 atom stereocenters. The van der Waals surface area contributed by atoms with Crippen LogP contribution < -0.4 is 5.32 Å². The molecule has 0 amide bonds. The van der Waals surface area contributed by atoms with Gasteiger partial charge in [0.15, 0.2) is 5.13 Å². The van der Waals surface area contributed by atoms with E-state index in [4.69, 9.17) is 4.42 Å². The van der Waals surface area contributed by atoms with Crippen LogP contribution in [-0.2, 0) is 12.8 Å². The molecule has 0 radical (unpaired) electrons. The van der Waals surface area contributed by atoms with E-state index >= 15 is 0 Å². The third-order valence-corrected chi connectivity index (χ3v) is 3.19. The summed E-state index contributed by atoms with van der Waals surface area (Å²) < 4.78 is 5.31. The smallest absolute Gasteiger partial charge is 0.183 e.